The van der Waals surface area contributed by atoms with Gasteiger partial charge in [0.25, 0.3) is 0 Å². The zero-order valence-corrected chi connectivity index (χ0v) is 12.1. The van der Waals surface area contributed by atoms with Crippen molar-refractivity contribution in [3.8, 4) is 22.6 Å². The van der Waals surface area contributed by atoms with Gasteiger partial charge in [-0.2, -0.15) is 0 Å². The number of fused-ring (bicyclic) bond motifs is 1. The van der Waals surface area contributed by atoms with Gasteiger partial charge >= 0.3 is 0 Å². The van der Waals surface area contributed by atoms with Gasteiger partial charge in [-0.3, -0.25) is 0 Å². The third kappa shape index (κ3) is 2.06. The van der Waals surface area contributed by atoms with Gasteiger partial charge in [-0.15, -0.1) is 0 Å². The van der Waals surface area contributed by atoms with E-state index in [1.165, 1.54) is 0 Å². The van der Waals surface area contributed by atoms with Crippen molar-refractivity contribution in [3.05, 3.63) is 72.8 Å². The first-order valence-corrected chi connectivity index (χ1v) is 6.99. The Kier molecular flexibility index (Phi) is 3.43. The van der Waals surface area contributed by atoms with Crippen molar-refractivity contribution in [1.82, 2.24) is 0 Å². The highest BCUT2D eigenvalue weighted by molar-refractivity contribution is 6.03. The minimum absolute atomic E-state index is 0.104. The fourth-order valence-corrected chi connectivity index (χ4v) is 2.81. The summed E-state index contributed by atoms with van der Waals surface area (Å²) < 4.78 is 0. The molecule has 0 fully saturated rings. The Morgan fingerprint density at radius 3 is 2.14 bits per heavy atom. The molecule has 108 valence electrons. The maximum atomic E-state index is 10.4. The zero-order valence-electron chi connectivity index (χ0n) is 12.1. The molecule has 0 atom stereocenters. The van der Waals surface area contributed by atoms with Gasteiger partial charge in [-0.1, -0.05) is 61.7 Å². The highest BCUT2D eigenvalue weighted by atomic mass is 16.3. The maximum absolute atomic E-state index is 10.4. The molecule has 2 nitrogen and oxygen atoms in total. The van der Waals surface area contributed by atoms with Crippen LogP contribution in [0.15, 0.2) is 61.7 Å². The molecule has 2 N–H and O–H groups in total. The summed E-state index contributed by atoms with van der Waals surface area (Å²) in [4.78, 5) is 0. The lowest BCUT2D eigenvalue weighted by atomic mass is 9.90. The molecule has 22 heavy (non-hydrogen) atoms. The minimum atomic E-state index is 0.104. The summed E-state index contributed by atoms with van der Waals surface area (Å²) in [7, 11) is 0. The third-order valence-electron chi connectivity index (χ3n) is 3.84. The number of aromatic hydroxyl groups is 2. The monoisotopic (exact) mass is 288 g/mol. The lowest BCUT2D eigenvalue weighted by Crippen LogP contribution is -1.91. The van der Waals surface area contributed by atoms with E-state index in [9.17, 15) is 10.2 Å². The first-order valence-electron chi connectivity index (χ1n) is 6.99. The molecule has 0 unspecified atom stereocenters. The van der Waals surface area contributed by atoms with E-state index in [4.69, 9.17) is 0 Å². The van der Waals surface area contributed by atoms with E-state index in [0.717, 1.165) is 21.9 Å². The first kappa shape index (κ1) is 14.0. The Labute approximate surface area is 129 Å². The van der Waals surface area contributed by atoms with Crippen molar-refractivity contribution in [1.29, 1.82) is 0 Å². The average molecular weight is 288 g/mol. The van der Waals surface area contributed by atoms with E-state index in [2.05, 4.69) is 13.2 Å². The number of phenolic OH excluding ortho intramolecular Hbond substituents is 2. The standard InChI is InChI=1S/C20H16O2/c1-3-13-9-11-17(21)19(15(13)4-2)20-16-8-6-5-7-14(16)10-12-18(20)22/h3-12,21-22H,1-2H2. The molecule has 0 heterocycles. The summed E-state index contributed by atoms with van der Waals surface area (Å²) in [6, 6.07) is 14.6. The van der Waals surface area contributed by atoms with E-state index in [1.54, 1.807) is 30.4 Å². The van der Waals surface area contributed by atoms with Crippen molar-refractivity contribution >= 4 is 22.9 Å². The maximum Gasteiger partial charge on any atom is 0.124 e. The molecule has 3 aromatic carbocycles. The van der Waals surface area contributed by atoms with E-state index < -0.39 is 0 Å². The van der Waals surface area contributed by atoms with Crippen molar-refractivity contribution in [2.45, 2.75) is 0 Å². The summed E-state index contributed by atoms with van der Waals surface area (Å²) >= 11 is 0. The summed E-state index contributed by atoms with van der Waals surface area (Å²) in [5.41, 5.74) is 2.78. The van der Waals surface area contributed by atoms with Crippen LogP contribution in [0.2, 0.25) is 0 Å². The number of hydrogen-bond donors (Lipinski definition) is 2. The van der Waals surface area contributed by atoms with Crippen LogP contribution in [0.1, 0.15) is 11.1 Å². The summed E-state index contributed by atoms with van der Waals surface area (Å²) in [6.45, 7) is 7.63. The van der Waals surface area contributed by atoms with Crippen LogP contribution >= 0.6 is 0 Å². The number of rotatable bonds is 3. The molecular formula is C20H16O2. The molecule has 0 aliphatic rings. The van der Waals surface area contributed by atoms with Gasteiger partial charge < -0.3 is 10.2 Å². The Balaban J connectivity index is 2.49. The van der Waals surface area contributed by atoms with Crippen molar-refractivity contribution < 1.29 is 10.2 Å². The molecule has 0 aromatic heterocycles. The Morgan fingerprint density at radius 1 is 0.727 bits per heavy atom. The molecular weight excluding hydrogens is 272 g/mol. The van der Waals surface area contributed by atoms with E-state index >= 15 is 0 Å². The largest absolute Gasteiger partial charge is 0.507 e. The third-order valence-corrected chi connectivity index (χ3v) is 3.84. The van der Waals surface area contributed by atoms with Crippen molar-refractivity contribution in [2.24, 2.45) is 0 Å². The smallest absolute Gasteiger partial charge is 0.124 e. The molecule has 0 aliphatic carbocycles. The first-order chi connectivity index (χ1) is 10.7. The quantitative estimate of drug-likeness (QED) is 0.695. The molecule has 0 spiro atoms. The lowest BCUT2D eigenvalue weighted by molar-refractivity contribution is 0.469. The van der Waals surface area contributed by atoms with Gasteiger partial charge in [-0.25, -0.2) is 0 Å². The fraction of sp³-hybridized carbons (Fsp3) is 0. The zero-order chi connectivity index (χ0) is 15.7. The Bertz CT molecular complexity index is 892. The van der Waals surface area contributed by atoms with Crippen LogP contribution in [0.5, 0.6) is 11.5 Å². The molecule has 3 rings (SSSR count). The molecule has 0 aliphatic heterocycles. The van der Waals surface area contributed by atoms with Crippen molar-refractivity contribution in [3.63, 3.8) is 0 Å². The van der Waals surface area contributed by atoms with Crippen LogP contribution in [-0.2, 0) is 0 Å². The molecule has 0 radical (unpaired) electrons. The van der Waals surface area contributed by atoms with Crippen LogP contribution in [0.4, 0.5) is 0 Å². The SMILES string of the molecule is C=Cc1ccc(O)c(-c2c(O)ccc3ccccc23)c1C=C. The van der Waals surface area contributed by atoms with Gasteiger partial charge in [0.2, 0.25) is 0 Å². The predicted molar refractivity (Wildman–Crippen MR) is 92.9 cm³/mol. The highest BCUT2D eigenvalue weighted by Gasteiger charge is 2.17. The topological polar surface area (TPSA) is 40.5 Å². The van der Waals surface area contributed by atoms with Crippen LogP contribution in [0.3, 0.4) is 0 Å². The summed E-state index contributed by atoms with van der Waals surface area (Å²) in [5.74, 6) is 0.227. The number of hydrogen-bond acceptors (Lipinski definition) is 2. The highest BCUT2D eigenvalue weighted by Crippen LogP contribution is 2.44. The second kappa shape index (κ2) is 5.41. The predicted octanol–water partition coefficient (Wildman–Crippen LogP) is 5.20. The molecule has 2 heteroatoms. The van der Waals surface area contributed by atoms with Crippen LogP contribution in [-0.4, -0.2) is 10.2 Å². The van der Waals surface area contributed by atoms with E-state index in [0.29, 0.717) is 11.1 Å². The molecule has 0 saturated heterocycles. The average Bonchev–Trinajstić information content (AvgIpc) is 2.55. The number of phenols is 2. The minimum Gasteiger partial charge on any atom is -0.507 e. The molecule has 0 bridgehead atoms. The van der Waals surface area contributed by atoms with Gasteiger partial charge in [0.15, 0.2) is 0 Å². The lowest BCUT2D eigenvalue weighted by Gasteiger charge is -2.15. The van der Waals surface area contributed by atoms with E-state index in [-0.39, 0.29) is 11.5 Å². The Hall–Kier alpha value is -3.00. The molecule has 0 amide bonds. The molecule has 0 saturated carbocycles. The number of benzene rings is 3. The van der Waals surface area contributed by atoms with Crippen LogP contribution < -0.4 is 0 Å². The van der Waals surface area contributed by atoms with Gasteiger partial charge in [0, 0.05) is 11.1 Å². The summed E-state index contributed by atoms with van der Waals surface area (Å²) in [6.07, 6.45) is 3.38. The van der Waals surface area contributed by atoms with Gasteiger partial charge in [0.1, 0.15) is 11.5 Å². The van der Waals surface area contributed by atoms with Gasteiger partial charge in [-0.05, 0) is 34.0 Å². The fourth-order valence-electron chi connectivity index (χ4n) is 2.81. The second-order valence-corrected chi connectivity index (χ2v) is 5.05. The molecule has 3 aromatic rings. The van der Waals surface area contributed by atoms with Crippen molar-refractivity contribution in [2.75, 3.05) is 0 Å². The normalized spacial score (nSPS) is 10.5. The summed E-state index contributed by atoms with van der Waals surface area (Å²) in [5, 5.41) is 22.7. The van der Waals surface area contributed by atoms with Crippen LogP contribution in [0, 0.1) is 0 Å². The van der Waals surface area contributed by atoms with Crippen LogP contribution in [0.25, 0.3) is 34.1 Å². The van der Waals surface area contributed by atoms with Gasteiger partial charge in [0.05, 0.1) is 0 Å². The van der Waals surface area contributed by atoms with E-state index in [1.807, 2.05) is 30.3 Å². The Morgan fingerprint density at radius 2 is 1.41 bits per heavy atom. The second-order valence-electron chi connectivity index (χ2n) is 5.05.